The Bertz CT molecular complexity index is 841. The monoisotopic (exact) mass is 382 g/mol. The third kappa shape index (κ3) is 4.94. The lowest BCUT2D eigenvalue weighted by atomic mass is 10.1. The van der Waals surface area contributed by atoms with Crippen LogP contribution in [-0.4, -0.2) is 34.5 Å². The molecule has 2 rings (SSSR count). The van der Waals surface area contributed by atoms with Crippen LogP contribution in [0.5, 0.6) is 5.75 Å². The minimum atomic E-state index is -4.02. The average molecular weight is 383 g/mol. The van der Waals surface area contributed by atoms with E-state index in [-0.39, 0.29) is 22.1 Å². The van der Waals surface area contributed by atoms with Crippen LogP contribution >= 0.6 is 11.6 Å². The van der Waals surface area contributed by atoms with Gasteiger partial charge in [0.2, 0.25) is 15.9 Å². The molecule has 25 heavy (non-hydrogen) atoms. The van der Waals surface area contributed by atoms with Crippen molar-refractivity contribution in [2.45, 2.75) is 17.4 Å². The van der Waals surface area contributed by atoms with Crippen LogP contribution in [-0.2, 0) is 21.2 Å². The van der Waals surface area contributed by atoms with Gasteiger partial charge < -0.3 is 10.1 Å². The van der Waals surface area contributed by atoms with Gasteiger partial charge in [-0.25, -0.2) is 8.42 Å². The van der Waals surface area contributed by atoms with E-state index in [1.54, 1.807) is 0 Å². The van der Waals surface area contributed by atoms with E-state index in [9.17, 15) is 13.2 Å². The first kappa shape index (κ1) is 19.2. The van der Waals surface area contributed by atoms with E-state index in [1.807, 2.05) is 30.3 Å². The number of ether oxygens (including phenoxy) is 1. The molecule has 0 aliphatic heterocycles. The van der Waals surface area contributed by atoms with E-state index >= 15 is 0 Å². The zero-order chi connectivity index (χ0) is 18.4. The average Bonchev–Trinajstić information content (AvgIpc) is 2.61. The minimum absolute atomic E-state index is 0.121. The number of methoxy groups -OCH3 is 1. The number of amides is 1. The predicted octanol–water partition coefficient (Wildman–Crippen LogP) is 1.98. The second-order valence-electron chi connectivity index (χ2n) is 5.27. The van der Waals surface area contributed by atoms with Gasteiger partial charge in [-0.1, -0.05) is 41.9 Å². The van der Waals surface area contributed by atoms with Crippen LogP contribution in [0.4, 0.5) is 0 Å². The largest absolute Gasteiger partial charge is 0.495 e. The lowest BCUT2D eigenvalue weighted by molar-refractivity contribution is -0.122. The molecule has 2 N–H and O–H groups in total. The molecular formula is C17H19ClN2O4S. The summed E-state index contributed by atoms with van der Waals surface area (Å²) >= 11 is 5.91. The first-order chi connectivity index (χ1) is 11.9. The summed E-state index contributed by atoms with van der Waals surface area (Å²) < 4.78 is 33.0. The van der Waals surface area contributed by atoms with E-state index in [1.165, 1.54) is 32.4 Å². The zero-order valence-electron chi connectivity index (χ0n) is 13.8. The highest BCUT2D eigenvalue weighted by Gasteiger charge is 2.27. The van der Waals surface area contributed by atoms with Crippen LogP contribution in [0, 0.1) is 0 Å². The second kappa shape index (κ2) is 8.33. The molecular weight excluding hydrogens is 364 g/mol. The topological polar surface area (TPSA) is 84.5 Å². The standard InChI is InChI=1S/C17H19ClN2O4S/c1-19-17(21)14(10-12-6-4-3-5-7-12)20-25(22,23)16-11-13(18)8-9-15(16)24-2/h3-9,11,14,20H,10H2,1-2H3,(H,19,21)/t14-/m1/s1. The fourth-order valence-electron chi connectivity index (χ4n) is 2.32. The molecule has 0 saturated carbocycles. The summed E-state index contributed by atoms with van der Waals surface area (Å²) in [5, 5.41) is 2.73. The SMILES string of the molecule is CNC(=O)[C@@H](Cc1ccccc1)NS(=O)(=O)c1cc(Cl)ccc1OC. The van der Waals surface area contributed by atoms with Crippen molar-refractivity contribution in [3.8, 4) is 5.75 Å². The van der Waals surface area contributed by atoms with Gasteiger partial charge in [-0.05, 0) is 30.2 Å². The van der Waals surface area contributed by atoms with Gasteiger partial charge in [0.05, 0.1) is 7.11 Å². The van der Waals surface area contributed by atoms with Gasteiger partial charge in [-0.2, -0.15) is 4.72 Å². The van der Waals surface area contributed by atoms with E-state index in [0.29, 0.717) is 0 Å². The third-order valence-electron chi connectivity index (χ3n) is 3.56. The molecule has 0 aromatic heterocycles. The maximum Gasteiger partial charge on any atom is 0.245 e. The zero-order valence-corrected chi connectivity index (χ0v) is 15.4. The lowest BCUT2D eigenvalue weighted by Gasteiger charge is -2.18. The van der Waals surface area contributed by atoms with Crippen LogP contribution in [0.1, 0.15) is 5.56 Å². The van der Waals surface area contributed by atoms with Crippen molar-refractivity contribution in [3.05, 3.63) is 59.1 Å². The highest BCUT2D eigenvalue weighted by atomic mass is 35.5. The molecule has 0 aliphatic carbocycles. The van der Waals surface area contributed by atoms with Crippen molar-refractivity contribution in [3.63, 3.8) is 0 Å². The number of hydrogen-bond donors (Lipinski definition) is 2. The Labute approximate surface area is 152 Å². The first-order valence-corrected chi connectivity index (χ1v) is 9.35. The number of rotatable bonds is 7. The molecule has 0 fully saturated rings. The van der Waals surface area contributed by atoms with Crippen molar-refractivity contribution < 1.29 is 17.9 Å². The number of halogens is 1. The molecule has 0 heterocycles. The fraction of sp³-hybridized carbons (Fsp3) is 0.235. The number of sulfonamides is 1. The van der Waals surface area contributed by atoms with Gasteiger partial charge in [0.25, 0.3) is 0 Å². The molecule has 6 nitrogen and oxygen atoms in total. The van der Waals surface area contributed by atoms with Crippen molar-refractivity contribution in [2.24, 2.45) is 0 Å². The fourth-order valence-corrected chi connectivity index (χ4v) is 3.95. The molecule has 1 atom stereocenters. The van der Waals surface area contributed by atoms with Crippen LogP contribution in [0.25, 0.3) is 0 Å². The van der Waals surface area contributed by atoms with Gasteiger partial charge in [-0.15, -0.1) is 0 Å². The number of carbonyl (C=O) groups excluding carboxylic acids is 1. The minimum Gasteiger partial charge on any atom is -0.495 e. The second-order valence-corrected chi connectivity index (χ2v) is 7.39. The van der Waals surface area contributed by atoms with Gasteiger partial charge in [-0.3, -0.25) is 4.79 Å². The predicted molar refractivity (Wildman–Crippen MR) is 96.3 cm³/mol. The molecule has 0 saturated heterocycles. The number of likely N-dealkylation sites (N-methyl/N-ethyl adjacent to an activating group) is 1. The Morgan fingerprint density at radius 2 is 1.88 bits per heavy atom. The molecule has 134 valence electrons. The summed E-state index contributed by atoms with van der Waals surface area (Å²) in [5.74, 6) is -0.291. The molecule has 1 amide bonds. The Balaban J connectivity index is 2.34. The highest BCUT2D eigenvalue weighted by Crippen LogP contribution is 2.27. The number of benzene rings is 2. The third-order valence-corrected chi connectivity index (χ3v) is 5.29. The normalized spacial score (nSPS) is 12.4. The van der Waals surface area contributed by atoms with Crippen LogP contribution in [0.2, 0.25) is 5.02 Å². The molecule has 2 aromatic rings. The Kier molecular flexibility index (Phi) is 6.41. The molecule has 0 spiro atoms. The van der Waals surface area contributed by atoms with E-state index in [2.05, 4.69) is 10.0 Å². The van der Waals surface area contributed by atoms with Crippen molar-refractivity contribution in [1.29, 1.82) is 0 Å². The van der Waals surface area contributed by atoms with Gasteiger partial charge in [0.1, 0.15) is 16.7 Å². The van der Waals surface area contributed by atoms with Crippen LogP contribution in [0.3, 0.4) is 0 Å². The summed E-state index contributed by atoms with van der Waals surface area (Å²) in [4.78, 5) is 12.0. The summed E-state index contributed by atoms with van der Waals surface area (Å²) in [6.07, 6.45) is 0.211. The molecule has 0 bridgehead atoms. The summed E-state index contributed by atoms with van der Waals surface area (Å²) in [6.45, 7) is 0. The van der Waals surface area contributed by atoms with E-state index < -0.39 is 22.0 Å². The quantitative estimate of drug-likeness (QED) is 0.766. The first-order valence-electron chi connectivity index (χ1n) is 7.48. The Hall–Kier alpha value is -2.09. The number of carbonyl (C=O) groups is 1. The summed E-state index contributed by atoms with van der Waals surface area (Å²) in [7, 11) is -1.20. The van der Waals surface area contributed by atoms with Crippen LogP contribution < -0.4 is 14.8 Å². The van der Waals surface area contributed by atoms with Crippen molar-refractivity contribution in [2.75, 3.05) is 14.2 Å². The number of nitrogens with one attached hydrogen (secondary N) is 2. The molecule has 2 aromatic carbocycles. The van der Waals surface area contributed by atoms with Gasteiger partial charge in [0.15, 0.2) is 0 Å². The molecule has 0 unspecified atom stereocenters. The summed E-state index contributed by atoms with van der Waals surface area (Å²) in [6, 6.07) is 12.4. The van der Waals surface area contributed by atoms with Crippen molar-refractivity contribution >= 4 is 27.5 Å². The summed E-state index contributed by atoms with van der Waals surface area (Å²) in [5.41, 5.74) is 0.830. The molecule has 0 radical (unpaired) electrons. The van der Waals surface area contributed by atoms with E-state index in [0.717, 1.165) is 5.56 Å². The molecule has 8 heteroatoms. The van der Waals surface area contributed by atoms with Gasteiger partial charge in [0, 0.05) is 12.1 Å². The van der Waals surface area contributed by atoms with E-state index in [4.69, 9.17) is 16.3 Å². The maximum absolute atomic E-state index is 12.8. The van der Waals surface area contributed by atoms with Crippen molar-refractivity contribution in [1.82, 2.24) is 10.0 Å². The Morgan fingerprint density at radius 1 is 1.20 bits per heavy atom. The maximum atomic E-state index is 12.8. The molecule has 0 aliphatic rings. The van der Waals surface area contributed by atoms with Gasteiger partial charge >= 0.3 is 0 Å². The smallest absolute Gasteiger partial charge is 0.245 e. The highest BCUT2D eigenvalue weighted by molar-refractivity contribution is 7.89. The Morgan fingerprint density at radius 3 is 2.48 bits per heavy atom. The van der Waals surface area contributed by atoms with Crippen LogP contribution in [0.15, 0.2) is 53.4 Å². The number of hydrogen-bond acceptors (Lipinski definition) is 4. The lowest BCUT2D eigenvalue weighted by Crippen LogP contribution is -2.47.